The van der Waals surface area contributed by atoms with E-state index in [1.165, 1.54) is 57.4 Å². The van der Waals surface area contributed by atoms with Crippen LogP contribution >= 0.6 is 0 Å². The maximum Gasteiger partial charge on any atom is 0.394 e. The summed E-state index contributed by atoms with van der Waals surface area (Å²) in [5.41, 5.74) is 0.726. The lowest BCUT2D eigenvalue weighted by molar-refractivity contribution is 0.381. The molecular weight excluding hydrogens is 392 g/mol. The van der Waals surface area contributed by atoms with Gasteiger partial charge in [-0.3, -0.25) is 13.7 Å². The van der Waals surface area contributed by atoms with E-state index in [-0.39, 0.29) is 4.90 Å². The molecule has 0 aliphatic heterocycles. The number of hydrogen-bond donors (Lipinski definition) is 3. The van der Waals surface area contributed by atoms with Crippen molar-refractivity contribution in [2.75, 3.05) is 0 Å². The highest BCUT2D eigenvalue weighted by molar-refractivity contribution is 7.85. The Kier molecular flexibility index (Phi) is 13.5. The van der Waals surface area contributed by atoms with Gasteiger partial charge in [0.2, 0.25) is 0 Å². The summed E-state index contributed by atoms with van der Waals surface area (Å²) >= 11 is 0. The van der Waals surface area contributed by atoms with Crippen molar-refractivity contribution in [2.24, 2.45) is 0 Å². The number of rotatable bonds is 12. The molecule has 158 valence electrons. The van der Waals surface area contributed by atoms with Crippen LogP contribution in [-0.4, -0.2) is 30.5 Å². The molecular formula is C18H32O7S2. The van der Waals surface area contributed by atoms with Gasteiger partial charge in [-0.1, -0.05) is 82.9 Å². The van der Waals surface area contributed by atoms with Crippen molar-refractivity contribution in [3.05, 3.63) is 29.8 Å². The first-order valence-corrected chi connectivity index (χ1v) is 12.1. The molecule has 3 N–H and O–H groups in total. The van der Waals surface area contributed by atoms with Crippen molar-refractivity contribution in [2.45, 2.75) is 82.4 Å². The highest BCUT2D eigenvalue weighted by atomic mass is 32.3. The quantitative estimate of drug-likeness (QED) is 0.326. The van der Waals surface area contributed by atoms with E-state index in [0.29, 0.717) is 6.42 Å². The third-order valence-electron chi connectivity index (χ3n) is 4.05. The van der Waals surface area contributed by atoms with Crippen molar-refractivity contribution >= 4 is 20.5 Å². The van der Waals surface area contributed by atoms with Gasteiger partial charge in [0, 0.05) is 0 Å². The molecule has 1 aromatic rings. The second-order valence-corrected chi connectivity index (χ2v) is 8.75. The van der Waals surface area contributed by atoms with Gasteiger partial charge in [-0.05, 0) is 24.5 Å². The van der Waals surface area contributed by atoms with Crippen molar-refractivity contribution < 1.29 is 30.5 Å². The smallest absolute Gasteiger partial charge is 0.282 e. The predicted octanol–water partition coefficient (Wildman–Crippen LogP) is 4.74. The van der Waals surface area contributed by atoms with Gasteiger partial charge in [0.05, 0.1) is 4.90 Å². The second kappa shape index (κ2) is 14.1. The van der Waals surface area contributed by atoms with E-state index in [9.17, 15) is 13.0 Å². The fourth-order valence-corrected chi connectivity index (χ4v) is 3.52. The van der Waals surface area contributed by atoms with Gasteiger partial charge >= 0.3 is 10.4 Å². The van der Waals surface area contributed by atoms with Gasteiger partial charge in [-0.25, -0.2) is 0 Å². The van der Waals surface area contributed by atoms with Crippen LogP contribution < -0.4 is 0 Å². The van der Waals surface area contributed by atoms with Gasteiger partial charge in [0.1, 0.15) is 0 Å². The SMILES string of the molecule is CCCCCCCCCCCCc1ccccc1S(=O)(=O)O.O=S(=O)(O)O. The first-order valence-electron chi connectivity index (χ1n) is 9.31. The minimum Gasteiger partial charge on any atom is -0.282 e. The highest BCUT2D eigenvalue weighted by Crippen LogP contribution is 2.18. The largest absolute Gasteiger partial charge is 0.394 e. The molecule has 0 fully saturated rings. The van der Waals surface area contributed by atoms with Gasteiger partial charge in [-0.15, -0.1) is 0 Å². The molecule has 1 rings (SSSR count). The standard InChI is InChI=1S/C18H30O3S.H2O4S/c1-2-3-4-5-6-7-8-9-10-11-14-17-15-12-13-16-18(17)22(19,20)21;1-5(2,3)4/h12-13,15-16H,2-11,14H2,1H3,(H,19,20,21);(H2,1,2,3,4). The number of hydrogen-bond acceptors (Lipinski definition) is 4. The molecule has 0 atom stereocenters. The van der Waals surface area contributed by atoms with E-state index in [2.05, 4.69) is 6.92 Å². The van der Waals surface area contributed by atoms with Crippen LogP contribution in [0.3, 0.4) is 0 Å². The van der Waals surface area contributed by atoms with E-state index in [0.717, 1.165) is 18.4 Å². The summed E-state index contributed by atoms with van der Waals surface area (Å²) in [6.07, 6.45) is 13.3. The number of aryl methyl sites for hydroxylation is 1. The lowest BCUT2D eigenvalue weighted by atomic mass is 10.0. The Morgan fingerprint density at radius 3 is 1.56 bits per heavy atom. The normalized spacial score (nSPS) is 11.7. The van der Waals surface area contributed by atoms with Crippen LogP contribution in [0, 0.1) is 0 Å². The Balaban J connectivity index is 0.00000119. The van der Waals surface area contributed by atoms with Gasteiger partial charge < -0.3 is 0 Å². The molecule has 0 unspecified atom stereocenters. The summed E-state index contributed by atoms with van der Waals surface area (Å²) in [5, 5.41) is 0. The minimum atomic E-state index is -4.67. The Morgan fingerprint density at radius 1 is 0.704 bits per heavy atom. The van der Waals surface area contributed by atoms with Gasteiger partial charge in [0.15, 0.2) is 0 Å². The molecule has 0 radical (unpaired) electrons. The molecule has 0 aliphatic carbocycles. The van der Waals surface area contributed by atoms with Crippen molar-refractivity contribution in [3.8, 4) is 0 Å². The van der Waals surface area contributed by atoms with Crippen molar-refractivity contribution in [3.63, 3.8) is 0 Å². The third kappa shape index (κ3) is 16.9. The van der Waals surface area contributed by atoms with Crippen LogP contribution in [0.5, 0.6) is 0 Å². The Morgan fingerprint density at radius 2 is 1.11 bits per heavy atom. The first-order chi connectivity index (χ1) is 12.6. The predicted molar refractivity (Wildman–Crippen MR) is 106 cm³/mol. The molecule has 1 aromatic carbocycles. The zero-order valence-corrected chi connectivity index (χ0v) is 17.5. The zero-order valence-electron chi connectivity index (χ0n) is 15.9. The monoisotopic (exact) mass is 424 g/mol. The average molecular weight is 425 g/mol. The summed E-state index contributed by atoms with van der Waals surface area (Å²) in [5.74, 6) is 0. The fourth-order valence-electron chi connectivity index (χ4n) is 2.76. The van der Waals surface area contributed by atoms with E-state index in [1.807, 2.05) is 6.07 Å². The maximum absolute atomic E-state index is 11.3. The summed E-state index contributed by atoms with van der Waals surface area (Å²) < 4.78 is 63.4. The van der Waals surface area contributed by atoms with Crippen LogP contribution in [0.4, 0.5) is 0 Å². The summed E-state index contributed by atoms with van der Waals surface area (Å²) in [6, 6.07) is 6.73. The van der Waals surface area contributed by atoms with Crippen LogP contribution in [-0.2, 0) is 26.9 Å². The van der Waals surface area contributed by atoms with E-state index >= 15 is 0 Å². The Hall–Kier alpha value is -1.00. The molecule has 9 heteroatoms. The second-order valence-electron chi connectivity index (χ2n) is 6.46. The van der Waals surface area contributed by atoms with Crippen LogP contribution in [0.15, 0.2) is 29.2 Å². The maximum atomic E-state index is 11.3. The van der Waals surface area contributed by atoms with E-state index < -0.39 is 20.5 Å². The summed E-state index contributed by atoms with van der Waals surface area (Å²) in [4.78, 5) is 0.0610. The fraction of sp³-hybridized carbons (Fsp3) is 0.667. The van der Waals surface area contributed by atoms with Gasteiger partial charge in [-0.2, -0.15) is 16.8 Å². The van der Waals surface area contributed by atoms with E-state index in [4.69, 9.17) is 17.5 Å². The van der Waals surface area contributed by atoms with Crippen molar-refractivity contribution in [1.82, 2.24) is 0 Å². The molecule has 0 saturated heterocycles. The summed E-state index contributed by atoms with van der Waals surface area (Å²) in [6.45, 7) is 2.24. The number of unbranched alkanes of at least 4 members (excludes halogenated alkanes) is 9. The Bertz CT molecular complexity index is 705. The lowest BCUT2D eigenvalue weighted by Crippen LogP contribution is -2.03. The topological polar surface area (TPSA) is 129 Å². The Labute approximate surface area is 163 Å². The van der Waals surface area contributed by atoms with Crippen LogP contribution in [0.25, 0.3) is 0 Å². The molecule has 0 aromatic heterocycles. The van der Waals surface area contributed by atoms with E-state index in [1.54, 1.807) is 12.1 Å². The highest BCUT2D eigenvalue weighted by Gasteiger charge is 2.13. The molecule has 0 spiro atoms. The molecule has 0 bridgehead atoms. The number of benzene rings is 1. The molecule has 0 saturated carbocycles. The van der Waals surface area contributed by atoms with Crippen LogP contribution in [0.1, 0.15) is 76.7 Å². The average Bonchev–Trinajstić information content (AvgIpc) is 2.54. The molecule has 0 heterocycles. The van der Waals surface area contributed by atoms with Crippen LogP contribution in [0.2, 0.25) is 0 Å². The van der Waals surface area contributed by atoms with Gasteiger partial charge in [0.25, 0.3) is 10.1 Å². The molecule has 0 amide bonds. The third-order valence-corrected chi connectivity index (χ3v) is 5.00. The molecule has 27 heavy (non-hydrogen) atoms. The minimum absolute atomic E-state index is 0.0610. The zero-order chi connectivity index (χ0) is 20.8. The van der Waals surface area contributed by atoms with Crippen molar-refractivity contribution in [1.29, 1.82) is 0 Å². The lowest BCUT2D eigenvalue weighted by Gasteiger charge is -2.07. The molecule has 7 nitrogen and oxygen atoms in total. The summed E-state index contributed by atoms with van der Waals surface area (Å²) in [7, 11) is -8.76. The molecule has 0 aliphatic rings. The first kappa shape index (κ1) is 26.0.